The fraction of sp³-hybridized carbons (Fsp3) is 0.200. The fourth-order valence-electron chi connectivity index (χ4n) is 1.95. The molecule has 23 heavy (non-hydrogen) atoms. The first kappa shape index (κ1) is 16.1. The summed E-state index contributed by atoms with van der Waals surface area (Å²) in [5.41, 5.74) is 4.19. The van der Waals surface area contributed by atoms with Gasteiger partial charge in [0.05, 0.1) is 5.75 Å². The van der Waals surface area contributed by atoms with E-state index in [0.717, 1.165) is 15.6 Å². The van der Waals surface area contributed by atoms with Crippen LogP contribution in [0.15, 0.2) is 40.3 Å². The van der Waals surface area contributed by atoms with Crippen LogP contribution in [0.3, 0.4) is 0 Å². The van der Waals surface area contributed by atoms with Crippen molar-refractivity contribution in [3.63, 3.8) is 0 Å². The minimum atomic E-state index is -0.0815. The fourth-order valence-corrected chi connectivity index (χ4v) is 4.09. The molecular weight excluding hydrogens is 348 g/mol. The molecule has 8 heteroatoms. The number of benzene rings is 1. The van der Waals surface area contributed by atoms with Gasteiger partial charge in [-0.3, -0.25) is 4.79 Å². The van der Waals surface area contributed by atoms with Crippen LogP contribution in [0.25, 0.3) is 0 Å². The van der Waals surface area contributed by atoms with E-state index in [1.807, 2.05) is 18.3 Å². The number of aryl methyl sites for hydroxylation is 1. The Morgan fingerprint density at radius 2 is 2.22 bits per heavy atom. The minimum absolute atomic E-state index is 0.0815. The summed E-state index contributed by atoms with van der Waals surface area (Å²) in [6, 6.07) is 8.29. The number of nitrogens with zero attached hydrogens (tertiary/aromatic N) is 3. The van der Waals surface area contributed by atoms with E-state index in [4.69, 9.17) is 0 Å². The van der Waals surface area contributed by atoms with Crippen molar-refractivity contribution in [3.05, 3.63) is 52.0 Å². The zero-order valence-electron chi connectivity index (χ0n) is 12.4. The number of hydrogen-bond donors (Lipinski definition) is 1. The number of thiazole rings is 1. The Balaban J connectivity index is 1.54. The number of nitrogens with one attached hydrogen (secondary N) is 1. The highest BCUT2D eigenvalue weighted by Gasteiger charge is 2.09. The smallest absolute Gasteiger partial charge is 0.236 e. The predicted octanol–water partition coefficient (Wildman–Crippen LogP) is 3.62. The Kier molecular flexibility index (Phi) is 5.37. The first-order valence-electron chi connectivity index (χ1n) is 6.89. The highest BCUT2D eigenvalue weighted by molar-refractivity contribution is 8.01. The maximum Gasteiger partial charge on any atom is 0.236 e. The van der Waals surface area contributed by atoms with Crippen LogP contribution in [0.2, 0.25) is 0 Å². The minimum Gasteiger partial charge on any atom is -0.301 e. The Hall–Kier alpha value is -1.77. The third kappa shape index (κ3) is 4.60. The molecule has 3 aromatic rings. The Bertz CT molecular complexity index is 786. The number of carbonyl (C=O) groups is 1. The van der Waals surface area contributed by atoms with Crippen LogP contribution in [0.4, 0.5) is 5.13 Å². The molecule has 0 unspecified atom stereocenters. The predicted molar refractivity (Wildman–Crippen MR) is 95.4 cm³/mol. The van der Waals surface area contributed by atoms with Crippen molar-refractivity contribution in [2.75, 3.05) is 11.1 Å². The number of thioether (sulfide) groups is 1. The molecule has 0 saturated heterocycles. The van der Waals surface area contributed by atoms with Crippen molar-refractivity contribution in [2.24, 2.45) is 0 Å². The van der Waals surface area contributed by atoms with Crippen LogP contribution in [0.1, 0.15) is 16.0 Å². The van der Waals surface area contributed by atoms with E-state index >= 15 is 0 Å². The second-order valence-corrected chi connectivity index (χ2v) is 7.95. The number of amides is 1. The summed E-state index contributed by atoms with van der Waals surface area (Å²) in [5, 5.41) is 11.1. The second kappa shape index (κ2) is 7.67. The molecule has 1 amide bonds. The molecule has 2 aromatic heterocycles. The standard InChI is InChI=1S/C15H14N4OS3/c1-10-4-2-3-5-11(10)6-12-7-16-14(23-12)18-13(20)8-21-15-19-17-9-22-15/h2-5,7,9H,6,8H2,1H3,(H,16,18,20). The molecule has 2 heterocycles. The summed E-state index contributed by atoms with van der Waals surface area (Å²) in [6.45, 7) is 2.10. The van der Waals surface area contributed by atoms with Gasteiger partial charge >= 0.3 is 0 Å². The molecule has 0 saturated carbocycles. The van der Waals surface area contributed by atoms with E-state index in [9.17, 15) is 4.79 Å². The lowest BCUT2D eigenvalue weighted by Crippen LogP contribution is -2.13. The highest BCUT2D eigenvalue weighted by Crippen LogP contribution is 2.23. The molecule has 118 valence electrons. The zero-order valence-corrected chi connectivity index (χ0v) is 14.8. The first-order valence-corrected chi connectivity index (χ1v) is 9.57. The third-order valence-electron chi connectivity index (χ3n) is 3.09. The molecule has 0 aliphatic heterocycles. The van der Waals surface area contributed by atoms with Crippen LogP contribution in [0, 0.1) is 6.92 Å². The van der Waals surface area contributed by atoms with Crippen molar-refractivity contribution in [3.8, 4) is 0 Å². The van der Waals surface area contributed by atoms with E-state index < -0.39 is 0 Å². The lowest BCUT2D eigenvalue weighted by Gasteiger charge is -2.02. The average Bonchev–Trinajstić information content (AvgIpc) is 3.19. The first-order chi connectivity index (χ1) is 11.2. The van der Waals surface area contributed by atoms with Gasteiger partial charge in [0, 0.05) is 17.5 Å². The summed E-state index contributed by atoms with van der Waals surface area (Å²) < 4.78 is 0.791. The zero-order chi connectivity index (χ0) is 16.1. The highest BCUT2D eigenvalue weighted by atomic mass is 32.2. The Morgan fingerprint density at radius 3 is 3.00 bits per heavy atom. The Labute approximate surface area is 146 Å². The molecule has 1 aromatic carbocycles. The summed E-state index contributed by atoms with van der Waals surface area (Å²) in [5.74, 6) is 0.226. The largest absolute Gasteiger partial charge is 0.301 e. The van der Waals surface area contributed by atoms with Gasteiger partial charge in [-0.25, -0.2) is 4.98 Å². The summed E-state index contributed by atoms with van der Waals surface area (Å²) in [7, 11) is 0. The maximum absolute atomic E-state index is 11.9. The third-order valence-corrected chi connectivity index (χ3v) is 5.87. The van der Waals surface area contributed by atoms with Crippen LogP contribution in [-0.2, 0) is 11.2 Å². The van der Waals surface area contributed by atoms with Crippen LogP contribution < -0.4 is 5.32 Å². The van der Waals surface area contributed by atoms with E-state index in [1.165, 1.54) is 45.6 Å². The van der Waals surface area contributed by atoms with E-state index in [-0.39, 0.29) is 5.91 Å². The van der Waals surface area contributed by atoms with Gasteiger partial charge in [0.1, 0.15) is 5.51 Å². The van der Waals surface area contributed by atoms with Gasteiger partial charge in [0.2, 0.25) is 5.91 Å². The molecule has 0 fully saturated rings. The number of anilines is 1. The van der Waals surface area contributed by atoms with Gasteiger partial charge in [0.15, 0.2) is 9.47 Å². The van der Waals surface area contributed by atoms with Crippen LogP contribution in [0.5, 0.6) is 0 Å². The molecule has 0 bridgehead atoms. The lowest BCUT2D eigenvalue weighted by atomic mass is 10.1. The monoisotopic (exact) mass is 362 g/mol. The van der Waals surface area contributed by atoms with E-state index in [2.05, 4.69) is 39.6 Å². The van der Waals surface area contributed by atoms with E-state index in [1.54, 1.807) is 5.51 Å². The van der Waals surface area contributed by atoms with Crippen molar-refractivity contribution in [2.45, 2.75) is 17.7 Å². The molecule has 0 spiro atoms. The average molecular weight is 363 g/mol. The van der Waals surface area contributed by atoms with Crippen molar-refractivity contribution in [1.29, 1.82) is 0 Å². The van der Waals surface area contributed by atoms with Gasteiger partial charge in [0.25, 0.3) is 0 Å². The molecular formula is C15H14N4OS3. The molecule has 0 aliphatic carbocycles. The molecule has 0 radical (unpaired) electrons. The Morgan fingerprint density at radius 1 is 1.35 bits per heavy atom. The summed E-state index contributed by atoms with van der Waals surface area (Å²) in [4.78, 5) is 17.3. The van der Waals surface area contributed by atoms with Crippen LogP contribution in [-0.4, -0.2) is 26.8 Å². The lowest BCUT2D eigenvalue weighted by molar-refractivity contribution is -0.113. The van der Waals surface area contributed by atoms with Gasteiger partial charge in [-0.15, -0.1) is 21.5 Å². The number of carbonyl (C=O) groups excluding carboxylic acids is 1. The number of hydrogen-bond acceptors (Lipinski definition) is 7. The van der Waals surface area contributed by atoms with Crippen molar-refractivity contribution in [1.82, 2.24) is 15.2 Å². The summed E-state index contributed by atoms with van der Waals surface area (Å²) >= 11 is 4.31. The molecule has 1 N–H and O–H groups in total. The molecule has 0 aliphatic rings. The maximum atomic E-state index is 11.9. The van der Waals surface area contributed by atoms with Gasteiger partial charge in [-0.2, -0.15) is 0 Å². The van der Waals surface area contributed by atoms with Gasteiger partial charge in [-0.05, 0) is 18.1 Å². The number of rotatable bonds is 6. The normalized spacial score (nSPS) is 10.7. The van der Waals surface area contributed by atoms with Crippen molar-refractivity contribution < 1.29 is 4.79 Å². The van der Waals surface area contributed by atoms with E-state index in [0.29, 0.717) is 10.9 Å². The molecule has 5 nitrogen and oxygen atoms in total. The van der Waals surface area contributed by atoms with Crippen molar-refractivity contribution >= 4 is 45.5 Å². The molecule has 0 atom stereocenters. The topological polar surface area (TPSA) is 67.8 Å². The van der Waals surface area contributed by atoms with Gasteiger partial charge < -0.3 is 5.32 Å². The molecule has 3 rings (SSSR count). The SMILES string of the molecule is Cc1ccccc1Cc1cnc(NC(=O)CSc2nncs2)s1. The second-order valence-electron chi connectivity index (χ2n) is 4.78. The van der Waals surface area contributed by atoms with Gasteiger partial charge in [-0.1, -0.05) is 47.4 Å². The quantitative estimate of drug-likeness (QED) is 0.678. The number of aromatic nitrogens is 3. The summed E-state index contributed by atoms with van der Waals surface area (Å²) in [6.07, 6.45) is 2.66. The van der Waals surface area contributed by atoms with Crippen LogP contribution >= 0.6 is 34.4 Å².